The first-order valence-corrected chi connectivity index (χ1v) is 4.87. The van der Waals surface area contributed by atoms with Gasteiger partial charge in [-0.3, -0.25) is 0 Å². The van der Waals surface area contributed by atoms with Crippen LogP contribution in [0.1, 0.15) is 5.56 Å². The molecule has 16 heavy (non-hydrogen) atoms. The van der Waals surface area contributed by atoms with Crippen molar-refractivity contribution in [3.05, 3.63) is 22.8 Å². The second kappa shape index (κ2) is 3.76. The number of pyridine rings is 1. The Morgan fingerprint density at radius 3 is 2.44 bits per heavy atom. The van der Waals surface area contributed by atoms with Gasteiger partial charge in [-0.05, 0) is 6.07 Å². The quantitative estimate of drug-likeness (QED) is 0.717. The molecule has 1 saturated heterocycles. The van der Waals surface area contributed by atoms with E-state index in [4.69, 9.17) is 11.6 Å². The molecule has 7 heteroatoms. The summed E-state index contributed by atoms with van der Waals surface area (Å²) in [6, 6.07) is 0.801. The number of rotatable bonds is 1. The van der Waals surface area contributed by atoms with Crippen LogP contribution in [0.3, 0.4) is 0 Å². The summed E-state index contributed by atoms with van der Waals surface area (Å²) in [6.07, 6.45) is -4.72. The van der Waals surface area contributed by atoms with E-state index in [-0.39, 0.29) is 23.9 Å². The van der Waals surface area contributed by atoms with E-state index in [1.54, 1.807) is 0 Å². The van der Waals surface area contributed by atoms with Crippen molar-refractivity contribution in [1.82, 2.24) is 4.98 Å². The lowest BCUT2D eigenvalue weighted by Gasteiger charge is -2.35. The summed E-state index contributed by atoms with van der Waals surface area (Å²) in [5.74, 6) is 0.198. The molecular weight excluding hydrogens is 248 g/mol. The van der Waals surface area contributed by atoms with Gasteiger partial charge in [-0.2, -0.15) is 13.2 Å². The summed E-state index contributed by atoms with van der Waals surface area (Å²) >= 11 is 5.66. The molecule has 0 aliphatic carbocycles. The Kier molecular flexibility index (Phi) is 2.69. The molecule has 88 valence electrons. The van der Waals surface area contributed by atoms with Crippen LogP contribution in [0.4, 0.5) is 23.4 Å². The smallest absolute Gasteiger partial charge is 0.349 e. The third-order valence-electron chi connectivity index (χ3n) is 2.29. The second-order valence-corrected chi connectivity index (χ2v) is 3.94. The minimum absolute atomic E-state index is 0.110. The lowest BCUT2D eigenvalue weighted by Crippen LogP contribution is -2.49. The molecule has 0 radical (unpaired) electrons. The maximum Gasteiger partial charge on any atom is 0.417 e. The summed E-state index contributed by atoms with van der Waals surface area (Å²) in [4.78, 5) is 5.10. The standard InChI is InChI=1S/C9H7ClF4N2/c10-7-1-5(9(12,13)14)2-15-8(7)16-3-6(11)4-16/h1-2,6H,3-4H2. The number of halogens is 5. The molecule has 2 rings (SSSR count). The number of aromatic nitrogens is 1. The van der Waals surface area contributed by atoms with Crippen LogP contribution in [-0.4, -0.2) is 24.2 Å². The molecule has 1 aliphatic rings. The fourth-order valence-corrected chi connectivity index (χ4v) is 1.70. The van der Waals surface area contributed by atoms with Crippen LogP contribution >= 0.6 is 11.6 Å². The van der Waals surface area contributed by atoms with Crippen molar-refractivity contribution in [3.63, 3.8) is 0 Å². The predicted octanol–water partition coefficient (Wildman–Crippen LogP) is 2.91. The van der Waals surface area contributed by atoms with Gasteiger partial charge in [0.05, 0.1) is 23.7 Å². The van der Waals surface area contributed by atoms with E-state index < -0.39 is 17.9 Å². The van der Waals surface area contributed by atoms with Crippen molar-refractivity contribution in [2.24, 2.45) is 0 Å². The molecule has 1 fully saturated rings. The summed E-state index contributed by atoms with van der Waals surface area (Å²) in [7, 11) is 0. The lowest BCUT2D eigenvalue weighted by molar-refractivity contribution is -0.137. The van der Waals surface area contributed by atoms with Crippen LogP contribution in [-0.2, 0) is 6.18 Å². The summed E-state index contributed by atoms with van der Waals surface area (Å²) < 4.78 is 49.4. The molecule has 0 aromatic carbocycles. The normalized spacial score (nSPS) is 17.4. The fourth-order valence-electron chi connectivity index (χ4n) is 1.42. The Labute approximate surface area is 93.8 Å². The maximum absolute atomic E-state index is 12.6. The Morgan fingerprint density at radius 2 is 2.00 bits per heavy atom. The Balaban J connectivity index is 2.24. The first-order chi connectivity index (χ1) is 7.38. The Morgan fingerprint density at radius 1 is 1.38 bits per heavy atom. The van der Waals surface area contributed by atoms with Crippen molar-refractivity contribution in [1.29, 1.82) is 0 Å². The van der Waals surface area contributed by atoms with Crippen LogP contribution in [0.2, 0.25) is 5.02 Å². The molecule has 1 aromatic rings. The minimum Gasteiger partial charge on any atom is -0.349 e. The zero-order valence-electron chi connectivity index (χ0n) is 7.93. The van der Waals surface area contributed by atoms with Gasteiger partial charge in [-0.1, -0.05) is 11.6 Å². The topological polar surface area (TPSA) is 16.1 Å². The molecule has 0 spiro atoms. The van der Waals surface area contributed by atoms with E-state index >= 15 is 0 Å². The van der Waals surface area contributed by atoms with Crippen LogP contribution in [0.5, 0.6) is 0 Å². The van der Waals surface area contributed by atoms with Gasteiger partial charge in [-0.15, -0.1) is 0 Å². The molecule has 0 saturated carbocycles. The maximum atomic E-state index is 12.6. The van der Waals surface area contributed by atoms with Gasteiger partial charge in [0.15, 0.2) is 0 Å². The summed E-state index contributed by atoms with van der Waals surface area (Å²) in [5, 5.41) is -0.110. The van der Waals surface area contributed by atoms with Crippen molar-refractivity contribution in [2.45, 2.75) is 12.3 Å². The van der Waals surface area contributed by atoms with Crippen molar-refractivity contribution >= 4 is 17.4 Å². The molecule has 0 N–H and O–H groups in total. The molecule has 0 atom stereocenters. The van der Waals surface area contributed by atoms with Crippen molar-refractivity contribution in [3.8, 4) is 0 Å². The van der Waals surface area contributed by atoms with E-state index in [0.717, 1.165) is 6.07 Å². The zero-order chi connectivity index (χ0) is 11.9. The largest absolute Gasteiger partial charge is 0.417 e. The van der Waals surface area contributed by atoms with Gasteiger partial charge in [-0.25, -0.2) is 9.37 Å². The molecule has 2 heterocycles. The molecule has 0 amide bonds. The van der Waals surface area contributed by atoms with Crippen molar-refractivity contribution < 1.29 is 17.6 Å². The lowest BCUT2D eigenvalue weighted by atomic mass is 10.2. The average Bonchev–Trinajstić information content (AvgIpc) is 2.12. The number of anilines is 1. The highest BCUT2D eigenvalue weighted by Gasteiger charge is 2.33. The van der Waals surface area contributed by atoms with Gasteiger partial charge in [0.25, 0.3) is 0 Å². The van der Waals surface area contributed by atoms with E-state index in [1.165, 1.54) is 4.90 Å². The third kappa shape index (κ3) is 2.07. The number of hydrogen-bond donors (Lipinski definition) is 0. The number of hydrogen-bond acceptors (Lipinski definition) is 2. The summed E-state index contributed by atoms with van der Waals surface area (Å²) in [6.45, 7) is 0.246. The Hall–Kier alpha value is -1.04. The molecule has 1 aliphatic heterocycles. The van der Waals surface area contributed by atoms with Crippen LogP contribution in [0, 0.1) is 0 Å². The highest BCUT2D eigenvalue weighted by Crippen LogP contribution is 2.34. The van der Waals surface area contributed by atoms with Crippen LogP contribution < -0.4 is 4.90 Å². The van der Waals surface area contributed by atoms with E-state index in [1.807, 2.05) is 0 Å². The molecule has 0 unspecified atom stereocenters. The first-order valence-electron chi connectivity index (χ1n) is 4.49. The van der Waals surface area contributed by atoms with Gasteiger partial charge >= 0.3 is 6.18 Å². The highest BCUT2D eigenvalue weighted by atomic mass is 35.5. The van der Waals surface area contributed by atoms with Gasteiger partial charge in [0, 0.05) is 6.20 Å². The first kappa shape index (κ1) is 11.4. The van der Waals surface area contributed by atoms with Gasteiger partial charge in [0.2, 0.25) is 0 Å². The summed E-state index contributed by atoms with van der Waals surface area (Å²) in [5.41, 5.74) is -0.904. The van der Waals surface area contributed by atoms with E-state index in [0.29, 0.717) is 6.20 Å². The monoisotopic (exact) mass is 254 g/mol. The predicted molar refractivity (Wildman–Crippen MR) is 51.4 cm³/mol. The minimum atomic E-state index is -4.47. The van der Waals surface area contributed by atoms with E-state index in [9.17, 15) is 17.6 Å². The molecule has 2 nitrogen and oxygen atoms in total. The Bertz CT molecular complexity index is 401. The fraction of sp³-hybridized carbons (Fsp3) is 0.444. The molecule has 1 aromatic heterocycles. The van der Waals surface area contributed by atoms with Crippen molar-refractivity contribution in [2.75, 3.05) is 18.0 Å². The molecule has 0 bridgehead atoms. The molecular formula is C9H7ClF4N2. The van der Waals surface area contributed by atoms with Crippen LogP contribution in [0.15, 0.2) is 12.3 Å². The number of alkyl halides is 4. The zero-order valence-corrected chi connectivity index (χ0v) is 8.69. The van der Waals surface area contributed by atoms with Crippen LogP contribution in [0.25, 0.3) is 0 Å². The third-order valence-corrected chi connectivity index (χ3v) is 2.56. The van der Waals surface area contributed by atoms with E-state index in [2.05, 4.69) is 4.98 Å². The van der Waals surface area contributed by atoms with Gasteiger partial charge < -0.3 is 4.90 Å². The highest BCUT2D eigenvalue weighted by molar-refractivity contribution is 6.33. The average molecular weight is 255 g/mol. The second-order valence-electron chi connectivity index (χ2n) is 3.53. The number of nitrogens with zero attached hydrogens (tertiary/aromatic N) is 2. The SMILES string of the molecule is FC1CN(c2ncc(C(F)(F)F)cc2Cl)C1. The van der Waals surface area contributed by atoms with Gasteiger partial charge in [0.1, 0.15) is 12.0 Å².